The van der Waals surface area contributed by atoms with Crippen LogP contribution in [0.4, 0.5) is 8.78 Å². The zero-order valence-electron chi connectivity index (χ0n) is 94.1. The molecule has 24 rings (SSSR count). The summed E-state index contributed by atoms with van der Waals surface area (Å²) in [5.74, 6) is 1.81. The van der Waals surface area contributed by atoms with Crippen molar-refractivity contribution in [3.8, 4) is 0 Å². The van der Waals surface area contributed by atoms with Gasteiger partial charge in [-0.3, -0.25) is 42.5 Å². The van der Waals surface area contributed by atoms with Gasteiger partial charge in [-0.25, -0.2) is 18.4 Å². The molecule has 838 valence electrons. The fourth-order valence-electron chi connectivity index (χ4n) is 27.3. The fourth-order valence-corrected chi connectivity index (χ4v) is 31.3. The highest BCUT2D eigenvalue weighted by Crippen LogP contribution is 2.65. The lowest BCUT2D eigenvalue weighted by Gasteiger charge is -2.59. The lowest BCUT2D eigenvalue weighted by Crippen LogP contribution is -2.61. The lowest BCUT2D eigenvalue weighted by molar-refractivity contribution is -0.226. The second kappa shape index (κ2) is 46.7. The summed E-state index contributed by atoms with van der Waals surface area (Å²) in [6.07, 6.45) is 28.3. The summed E-state index contributed by atoms with van der Waals surface area (Å²) in [5.41, 5.74) is -5.96. The minimum Gasteiger partial charge on any atom is -0.463 e. The maximum absolute atomic E-state index is 12.8. The van der Waals surface area contributed by atoms with E-state index >= 15 is 0 Å². The molecular formula is C121H179F2O25S2+. The molecule has 0 spiro atoms. The Hall–Kier alpha value is -7.60. The van der Waals surface area contributed by atoms with Crippen LogP contribution < -0.4 is 0 Å². The summed E-state index contributed by atoms with van der Waals surface area (Å²) in [4.78, 5) is 124. The molecule has 18 saturated carbocycles. The molecule has 3 aromatic rings. The number of carbonyl (C=O) groups is 10. The normalized spacial score (nSPS) is 34.4. The van der Waals surface area contributed by atoms with Crippen molar-refractivity contribution >= 4 is 80.7 Å². The first-order chi connectivity index (χ1) is 70.0. The van der Waals surface area contributed by atoms with Crippen molar-refractivity contribution in [3.05, 3.63) is 91.0 Å². The van der Waals surface area contributed by atoms with Gasteiger partial charge in [0.1, 0.15) is 34.6 Å². The molecule has 29 heteroatoms. The Morgan fingerprint density at radius 1 is 0.393 bits per heavy atom. The van der Waals surface area contributed by atoms with E-state index in [1.54, 1.807) is 34.6 Å². The molecule has 18 bridgehead atoms. The molecule has 18 aliphatic carbocycles. The Kier molecular flexibility index (Phi) is 37.2. The van der Waals surface area contributed by atoms with Gasteiger partial charge in [0.2, 0.25) is 12.2 Å². The van der Waals surface area contributed by atoms with Gasteiger partial charge in [-0.2, -0.15) is 8.42 Å². The fraction of sp³-hybridized carbons (Fsp3) is 0.769. The maximum atomic E-state index is 12.8. The van der Waals surface area contributed by atoms with E-state index in [-0.39, 0.29) is 98.2 Å². The third-order valence-electron chi connectivity index (χ3n) is 38.5. The summed E-state index contributed by atoms with van der Waals surface area (Å²) in [5, 5.41) is 20.8. The molecule has 12 unspecified atom stereocenters. The van der Waals surface area contributed by atoms with Crippen LogP contribution in [-0.4, -0.2) is 167 Å². The molecular weight excluding hydrogens is 1960 g/mol. The zero-order valence-corrected chi connectivity index (χ0v) is 95.8. The summed E-state index contributed by atoms with van der Waals surface area (Å²) in [7, 11) is -3.63. The number of halogens is 2. The van der Waals surface area contributed by atoms with Crippen LogP contribution in [-0.2, 0) is 121 Å². The SMILES string of the molecule is CCC(C)(C)C(=O)OC1(C)C2CC3CC(C2)CC1C3.CCC(C)(C)C(=O)OC1(C)C2CC3CC(C2)CC1C3.CCC(C)(C)C(=O)OC12CC3CC(CC(O)(C3)C1)C2.CCC(C)(C)C(=O)OC12CC3CC(CC(O)(C3)C1)C2.CCC(C)(C)C(=O)OC1CCOC1=O.CCC(C)(C)C(=O)OC1CCOC1=O.CCC(C)(CC(=O)OCC(C)(F)F)C(=O)OC1C2CC3C1OS(=O)(=O)C3C2.c1ccc([S+](c2ccccc2)c2ccccc2)cc1. The molecule has 12 atom stereocenters. The predicted octanol–water partition coefficient (Wildman–Crippen LogP) is 23.8. The van der Waals surface area contributed by atoms with Gasteiger partial charge in [-0.15, -0.1) is 0 Å². The van der Waals surface area contributed by atoms with E-state index in [4.69, 9.17) is 46.8 Å². The Morgan fingerprint density at radius 3 is 0.987 bits per heavy atom. The highest BCUT2D eigenvalue weighted by atomic mass is 32.2. The summed E-state index contributed by atoms with van der Waals surface area (Å²) >= 11 is 0. The summed E-state index contributed by atoms with van der Waals surface area (Å²) in [6.45, 7) is 43.0. The van der Waals surface area contributed by atoms with Crippen molar-refractivity contribution in [2.24, 2.45) is 121 Å². The third kappa shape index (κ3) is 27.8. The number of hydrogen-bond donors (Lipinski definition) is 2. The number of fused-ring (bicyclic) bond motifs is 1. The van der Waals surface area contributed by atoms with Crippen molar-refractivity contribution in [2.75, 3.05) is 19.8 Å². The minimum atomic E-state index is -3.62. The van der Waals surface area contributed by atoms with E-state index in [0.29, 0.717) is 119 Å². The zero-order chi connectivity index (χ0) is 110. The smallest absolute Gasteiger partial charge is 0.347 e. The molecule has 3 aliphatic heterocycles. The number of benzene rings is 3. The number of esters is 10. The number of ether oxygens (including phenoxy) is 10. The van der Waals surface area contributed by atoms with Crippen LogP contribution in [0.15, 0.2) is 106 Å². The molecule has 2 N–H and O–H groups in total. The standard InChI is InChI=1S/C18H15S.C17H24F2O7S.2C17H28O2.2C16H26O3.2C10H16O4/c1-4-10-16(11-5-1)19(17-12-6-2-7-13-17)18-14-8-3-9-15-18;1-4-16(2,7-12(20)24-8-17(3,18)19)15(21)25-13-9-5-10-11(6-9)27(22,23)26-14(10)13;2*1-5-16(2,3)15(18)19-17(4)13-7-11-6-12(9-13)10-14(17)8-11;2*1-4-14(2,3)13(17)19-16-8-11-5-12(9-16)7-15(18,6-11)10-16;2*1-4-10(2,3)9(12)14-7-5-6-13-8(7)11/h1-15H;9-11,13-14H,4-8H2,1-3H3;2*11-14H,5-10H2,1-4H3;2*11-12,18H,4-10H2,1-3H3;2*7H,4-6H2,1-3H3/q+1;;;;;;;. The van der Waals surface area contributed by atoms with Gasteiger partial charge in [0.05, 0.1) is 84.9 Å². The van der Waals surface area contributed by atoms with Crippen molar-refractivity contribution in [3.63, 3.8) is 0 Å². The molecule has 3 aromatic carbocycles. The van der Waals surface area contributed by atoms with E-state index in [1.165, 1.54) is 98.7 Å². The van der Waals surface area contributed by atoms with Crippen LogP contribution in [0.5, 0.6) is 0 Å². The van der Waals surface area contributed by atoms with Gasteiger partial charge < -0.3 is 57.6 Å². The van der Waals surface area contributed by atoms with E-state index in [9.17, 15) is 75.4 Å². The Morgan fingerprint density at radius 2 is 0.700 bits per heavy atom. The quantitative estimate of drug-likeness (QED) is 0.0295. The largest absolute Gasteiger partial charge is 0.463 e. The molecule has 150 heavy (non-hydrogen) atoms. The Labute approximate surface area is 895 Å². The van der Waals surface area contributed by atoms with Crippen LogP contribution in [0.3, 0.4) is 0 Å². The Balaban J connectivity index is 0.000000144. The number of hydrogen-bond acceptors (Lipinski definition) is 25. The summed E-state index contributed by atoms with van der Waals surface area (Å²) < 4.78 is 109. The first-order valence-electron chi connectivity index (χ1n) is 56.7. The van der Waals surface area contributed by atoms with Gasteiger partial charge in [-0.1, -0.05) is 103 Å². The van der Waals surface area contributed by atoms with Gasteiger partial charge in [0, 0.05) is 44.4 Å². The van der Waals surface area contributed by atoms with E-state index in [2.05, 4.69) is 123 Å². The van der Waals surface area contributed by atoms with Crippen LogP contribution >= 0.6 is 0 Å². The van der Waals surface area contributed by atoms with Crippen LogP contribution in [0.2, 0.25) is 0 Å². The average Bonchev–Trinajstić information content (AvgIpc) is 1.43. The Bertz CT molecular complexity index is 4940. The number of alkyl halides is 2. The molecule has 25 nitrogen and oxygen atoms in total. The van der Waals surface area contributed by atoms with Crippen molar-refractivity contribution in [1.82, 2.24) is 0 Å². The molecule has 0 radical (unpaired) electrons. The van der Waals surface area contributed by atoms with Crippen molar-refractivity contribution in [2.45, 2.75) is 461 Å². The predicted molar refractivity (Wildman–Crippen MR) is 565 cm³/mol. The van der Waals surface area contributed by atoms with Gasteiger partial charge >= 0.3 is 59.7 Å². The van der Waals surface area contributed by atoms with E-state index in [0.717, 1.165) is 101 Å². The van der Waals surface area contributed by atoms with Gasteiger partial charge in [-0.05, 0) is 397 Å². The number of rotatable bonds is 28. The second-order valence-electron chi connectivity index (χ2n) is 52.8. The van der Waals surface area contributed by atoms with Crippen molar-refractivity contribution in [1.29, 1.82) is 0 Å². The van der Waals surface area contributed by atoms with Gasteiger partial charge in [0.15, 0.2) is 21.3 Å². The molecule has 0 aromatic heterocycles. The molecule has 3 heterocycles. The molecule has 21 aliphatic rings. The first kappa shape index (κ1) is 119. The second-order valence-corrected chi connectivity index (χ2v) is 56.6. The highest BCUT2D eigenvalue weighted by Gasteiger charge is 2.68. The van der Waals surface area contributed by atoms with Crippen LogP contribution in [0, 0.1) is 121 Å². The molecule has 3 saturated heterocycles. The summed E-state index contributed by atoms with van der Waals surface area (Å²) in [6, 6.07) is 32.2. The highest BCUT2D eigenvalue weighted by molar-refractivity contribution is 7.97. The monoisotopic (exact) mass is 2130 g/mol. The topological polar surface area (TPSA) is 347 Å². The lowest BCUT2D eigenvalue weighted by atomic mass is 9.50. The molecule has 21 fully saturated rings. The number of cyclic esters (lactones) is 2. The van der Waals surface area contributed by atoms with Crippen LogP contribution in [0.1, 0.15) is 378 Å². The third-order valence-corrected chi connectivity index (χ3v) is 42.5. The van der Waals surface area contributed by atoms with Crippen LogP contribution in [0.25, 0.3) is 0 Å². The van der Waals surface area contributed by atoms with E-state index in [1.807, 2.05) is 83.1 Å². The minimum absolute atomic E-state index is 0.0146. The van der Waals surface area contributed by atoms with E-state index < -0.39 is 121 Å². The molecule has 0 amide bonds. The number of carbonyl (C=O) groups excluding carboxylic acids is 10. The first-order valence-corrected chi connectivity index (χ1v) is 59.4. The average molecular weight is 2140 g/mol. The number of aliphatic hydroxyl groups is 2. The maximum Gasteiger partial charge on any atom is 0.347 e. The van der Waals surface area contributed by atoms with Crippen molar-refractivity contribution < 1.29 is 127 Å². The van der Waals surface area contributed by atoms with Gasteiger partial charge in [0.25, 0.3) is 16.0 Å².